The summed E-state index contributed by atoms with van der Waals surface area (Å²) in [6.07, 6.45) is 2.14. The Bertz CT molecular complexity index is 1200. The lowest BCUT2D eigenvalue weighted by Crippen LogP contribution is -2.58. The van der Waals surface area contributed by atoms with Crippen molar-refractivity contribution in [1.82, 2.24) is 19.9 Å². The van der Waals surface area contributed by atoms with Crippen LogP contribution in [0.4, 0.5) is 13.2 Å². The van der Waals surface area contributed by atoms with Gasteiger partial charge in [-0.15, -0.1) is 16.9 Å². The molecule has 1 aromatic carbocycles. The van der Waals surface area contributed by atoms with Crippen LogP contribution in [0.2, 0.25) is 0 Å². The molecule has 3 aliphatic rings. The second kappa shape index (κ2) is 11.6. The Morgan fingerprint density at radius 2 is 1.82 bits per heavy atom. The van der Waals surface area contributed by atoms with Crippen molar-refractivity contribution in [3.63, 3.8) is 0 Å². The zero-order chi connectivity index (χ0) is 28.8. The molecule has 14 heteroatoms. The summed E-state index contributed by atoms with van der Waals surface area (Å²) in [5.74, 6) is -4.74. The van der Waals surface area contributed by atoms with Crippen LogP contribution in [0.1, 0.15) is 51.0 Å². The van der Waals surface area contributed by atoms with E-state index in [1.54, 1.807) is 11.9 Å². The number of carbonyl (C=O) groups is 1. The minimum atomic E-state index is -1.63. The van der Waals surface area contributed by atoms with Crippen molar-refractivity contribution in [2.75, 3.05) is 13.7 Å². The number of nitrogens with zero attached hydrogens (tertiary/aromatic N) is 4. The van der Waals surface area contributed by atoms with Gasteiger partial charge in [0, 0.05) is 18.7 Å². The highest BCUT2D eigenvalue weighted by Crippen LogP contribution is 2.45. The minimum Gasteiger partial charge on any atom is -0.394 e. The van der Waals surface area contributed by atoms with Gasteiger partial charge in [0.15, 0.2) is 17.5 Å². The zero-order valence-electron chi connectivity index (χ0n) is 21.9. The van der Waals surface area contributed by atoms with E-state index in [9.17, 15) is 38.4 Å². The van der Waals surface area contributed by atoms with Crippen molar-refractivity contribution < 1.29 is 43.1 Å². The van der Waals surface area contributed by atoms with E-state index in [1.165, 1.54) is 6.20 Å². The number of aliphatic hydroxyl groups excluding tert-OH is 3. The molecule has 5 rings (SSSR count). The Kier molecular flexibility index (Phi) is 8.47. The zero-order valence-corrected chi connectivity index (χ0v) is 22.7. The predicted molar refractivity (Wildman–Crippen MR) is 137 cm³/mol. The smallest absolute Gasteiger partial charge is 0.238 e. The van der Waals surface area contributed by atoms with Crippen molar-refractivity contribution in [3.8, 4) is 11.3 Å². The number of ether oxygens (including phenoxy) is 1. The summed E-state index contributed by atoms with van der Waals surface area (Å²) in [5, 5.41) is 50.6. The second-order valence-electron chi connectivity index (χ2n) is 10.9. The summed E-state index contributed by atoms with van der Waals surface area (Å²) in [7, 11) is 1.71. The van der Waals surface area contributed by atoms with Crippen molar-refractivity contribution in [1.29, 1.82) is 0 Å². The highest BCUT2D eigenvalue weighted by molar-refractivity contribution is 8.01. The van der Waals surface area contributed by atoms with Crippen LogP contribution in [-0.4, -0.2) is 101 Å². The molecule has 3 fully saturated rings. The number of aliphatic hydroxyl groups is 4. The molecular formula is C26H33F3N4O6S. The van der Waals surface area contributed by atoms with E-state index in [0.717, 1.165) is 60.7 Å². The van der Waals surface area contributed by atoms with Crippen molar-refractivity contribution in [2.45, 2.75) is 91.6 Å². The van der Waals surface area contributed by atoms with E-state index in [4.69, 9.17) is 4.74 Å². The fourth-order valence-corrected chi connectivity index (χ4v) is 7.26. The number of carbonyl (C=O) groups excluding carboxylic acids is 1. The first-order valence-corrected chi connectivity index (χ1v) is 14.3. The van der Waals surface area contributed by atoms with Crippen molar-refractivity contribution >= 4 is 17.7 Å². The van der Waals surface area contributed by atoms with Gasteiger partial charge in [-0.1, -0.05) is 18.1 Å². The van der Waals surface area contributed by atoms with Crippen LogP contribution < -0.4 is 0 Å². The number of aromatic nitrogens is 3. The fraction of sp³-hybridized carbons (Fsp3) is 0.654. The monoisotopic (exact) mass is 586 g/mol. The average molecular weight is 587 g/mol. The Hall–Kier alpha value is -2.23. The summed E-state index contributed by atoms with van der Waals surface area (Å²) in [6.45, 7) is -0.623. The molecule has 0 radical (unpaired) electrons. The standard InChI is InChI=1S/C26H33F3N4O6S/c1-32(14-5-4-6-14)24(37)23(26(38)7-2-3-8-26)40-25-22(36)20(21(35)18(12-34)39-25)33-11-17(30-31-33)13-9-15(27)19(29)16(28)10-13/h9-11,14,18,20-23,25,34-36,38H,2-8,12H2,1H3/t18-,20+,21+,22-,23-,25+/m1/s1. The Labute approximate surface area is 233 Å². The van der Waals surface area contributed by atoms with Crippen LogP contribution in [0.15, 0.2) is 18.3 Å². The first-order valence-electron chi connectivity index (χ1n) is 13.4. The molecular weight excluding hydrogens is 553 g/mol. The minimum absolute atomic E-state index is 0.0520. The molecule has 1 aromatic heterocycles. The van der Waals surface area contributed by atoms with Crippen LogP contribution >= 0.6 is 11.8 Å². The first kappa shape index (κ1) is 29.3. The first-order chi connectivity index (χ1) is 19.0. The summed E-state index contributed by atoms with van der Waals surface area (Å²) in [4.78, 5) is 15.3. The van der Waals surface area contributed by atoms with E-state index >= 15 is 0 Å². The van der Waals surface area contributed by atoms with Gasteiger partial charge in [0.05, 0.1) is 18.4 Å². The average Bonchev–Trinajstić information content (AvgIpc) is 3.55. The van der Waals surface area contributed by atoms with Gasteiger partial charge in [-0.05, 0) is 44.2 Å². The molecule has 40 heavy (non-hydrogen) atoms. The number of rotatable bonds is 8. The number of benzene rings is 1. The van der Waals surface area contributed by atoms with E-state index in [-0.39, 0.29) is 23.2 Å². The number of hydrogen-bond acceptors (Lipinski definition) is 9. The molecule has 2 aliphatic carbocycles. The van der Waals surface area contributed by atoms with Gasteiger partial charge in [-0.2, -0.15) is 0 Å². The Balaban J connectivity index is 1.43. The largest absolute Gasteiger partial charge is 0.394 e. The van der Waals surface area contributed by atoms with E-state index in [0.29, 0.717) is 12.8 Å². The molecule has 4 N–H and O–H groups in total. The van der Waals surface area contributed by atoms with E-state index < -0.39 is 64.7 Å². The molecule has 0 unspecified atom stereocenters. The lowest BCUT2D eigenvalue weighted by atomic mass is 9.90. The normalized spacial score (nSPS) is 29.2. The number of hydrogen-bond donors (Lipinski definition) is 4. The van der Waals surface area contributed by atoms with Gasteiger partial charge in [-0.25, -0.2) is 17.9 Å². The van der Waals surface area contributed by atoms with Gasteiger partial charge >= 0.3 is 0 Å². The lowest BCUT2D eigenvalue weighted by molar-refractivity contribution is -0.179. The van der Waals surface area contributed by atoms with Gasteiger partial charge in [0.1, 0.15) is 40.7 Å². The van der Waals surface area contributed by atoms with E-state index in [1.807, 2.05) is 0 Å². The lowest BCUT2D eigenvalue weighted by Gasteiger charge is -2.45. The topological polar surface area (TPSA) is 141 Å². The van der Waals surface area contributed by atoms with Crippen LogP contribution in [0.3, 0.4) is 0 Å². The molecule has 220 valence electrons. The molecule has 1 saturated heterocycles. The maximum Gasteiger partial charge on any atom is 0.238 e. The molecule has 2 heterocycles. The molecule has 10 nitrogen and oxygen atoms in total. The maximum absolute atomic E-state index is 13.8. The van der Waals surface area contributed by atoms with Gasteiger partial charge < -0.3 is 30.1 Å². The van der Waals surface area contributed by atoms with Gasteiger partial charge in [0.2, 0.25) is 5.91 Å². The predicted octanol–water partition coefficient (Wildman–Crippen LogP) is 1.76. The Morgan fingerprint density at radius 3 is 2.40 bits per heavy atom. The SMILES string of the molecule is CN(C(=O)[C@@H](S[C@@H]1O[C@H](CO)[C@H](O)[C@H](n2cc(-c3cc(F)c(F)c(F)c3)nn2)[C@H]1O)C1(O)CCCC1)C1CCC1. The van der Waals surface area contributed by atoms with Crippen molar-refractivity contribution in [3.05, 3.63) is 35.8 Å². The van der Waals surface area contributed by atoms with E-state index in [2.05, 4.69) is 10.3 Å². The highest BCUT2D eigenvalue weighted by Gasteiger charge is 2.52. The van der Waals surface area contributed by atoms with Gasteiger partial charge in [-0.3, -0.25) is 4.79 Å². The molecule has 6 atom stereocenters. The quantitative estimate of drug-likeness (QED) is 0.341. The summed E-state index contributed by atoms with van der Waals surface area (Å²) in [6, 6.07) is 0.330. The summed E-state index contributed by atoms with van der Waals surface area (Å²) in [5.41, 5.74) is -2.65. The van der Waals surface area contributed by atoms with Crippen molar-refractivity contribution in [2.24, 2.45) is 0 Å². The Morgan fingerprint density at radius 1 is 1.18 bits per heavy atom. The van der Waals surface area contributed by atoms with Crippen LogP contribution in [0.25, 0.3) is 11.3 Å². The van der Waals surface area contributed by atoms with Crippen LogP contribution in [0, 0.1) is 17.5 Å². The summed E-state index contributed by atoms with van der Waals surface area (Å²) < 4.78 is 47.9. The molecule has 2 aromatic rings. The molecule has 2 saturated carbocycles. The summed E-state index contributed by atoms with van der Waals surface area (Å²) >= 11 is 0.949. The third-order valence-electron chi connectivity index (χ3n) is 8.37. The molecule has 0 bridgehead atoms. The van der Waals surface area contributed by atoms with Crippen LogP contribution in [0.5, 0.6) is 0 Å². The molecule has 1 amide bonds. The maximum atomic E-state index is 13.8. The second-order valence-corrected chi connectivity index (χ2v) is 12.1. The van der Waals surface area contributed by atoms with Crippen LogP contribution in [-0.2, 0) is 9.53 Å². The third-order valence-corrected chi connectivity index (χ3v) is 9.94. The highest BCUT2D eigenvalue weighted by atomic mass is 32.2. The molecule has 0 spiro atoms. The molecule has 1 aliphatic heterocycles. The number of thioether (sulfide) groups is 1. The van der Waals surface area contributed by atoms with Gasteiger partial charge in [0.25, 0.3) is 0 Å². The number of amides is 1. The third kappa shape index (κ3) is 5.37. The number of halogens is 3. The fourth-order valence-electron chi connectivity index (χ4n) is 5.69.